The molecule has 0 amide bonds. The Morgan fingerprint density at radius 1 is 1.35 bits per heavy atom. The lowest BCUT2D eigenvalue weighted by atomic mass is 9.87. The Balaban J connectivity index is 2.51. The van der Waals surface area contributed by atoms with Gasteiger partial charge in [0.25, 0.3) is 0 Å². The summed E-state index contributed by atoms with van der Waals surface area (Å²) in [5.41, 5.74) is 10.2. The average Bonchev–Trinajstić information content (AvgIpc) is 3.09. The molecule has 1 aliphatic rings. The summed E-state index contributed by atoms with van der Waals surface area (Å²) < 4.78 is 5.48. The van der Waals surface area contributed by atoms with Gasteiger partial charge in [0, 0.05) is 12.0 Å². The van der Waals surface area contributed by atoms with Crippen molar-refractivity contribution in [3.05, 3.63) is 28.8 Å². The van der Waals surface area contributed by atoms with Crippen LogP contribution in [0.4, 0.5) is 0 Å². The number of benzene rings is 1. The monoisotopic (exact) mass is 233 g/mol. The third-order valence-corrected chi connectivity index (χ3v) is 4.01. The van der Waals surface area contributed by atoms with Gasteiger partial charge in [-0.05, 0) is 48.4 Å². The zero-order valence-corrected chi connectivity index (χ0v) is 11.3. The van der Waals surface area contributed by atoms with Gasteiger partial charge in [-0.25, -0.2) is 0 Å². The fraction of sp³-hybridized carbons (Fsp3) is 0.600. The molecule has 1 saturated carbocycles. The molecule has 1 aromatic carbocycles. The van der Waals surface area contributed by atoms with Crippen molar-refractivity contribution in [2.45, 2.75) is 44.9 Å². The van der Waals surface area contributed by atoms with E-state index in [0.717, 1.165) is 12.3 Å². The smallest absolute Gasteiger partial charge is 0.122 e. The first kappa shape index (κ1) is 12.4. The lowest BCUT2D eigenvalue weighted by Crippen LogP contribution is -2.21. The highest BCUT2D eigenvalue weighted by molar-refractivity contribution is 5.48. The van der Waals surface area contributed by atoms with Gasteiger partial charge in [-0.1, -0.05) is 19.9 Å². The van der Waals surface area contributed by atoms with Crippen molar-refractivity contribution in [3.63, 3.8) is 0 Å². The number of rotatable bonds is 4. The van der Waals surface area contributed by atoms with Crippen LogP contribution in [0.1, 0.15) is 49.3 Å². The van der Waals surface area contributed by atoms with E-state index in [2.05, 4.69) is 32.9 Å². The summed E-state index contributed by atoms with van der Waals surface area (Å²) in [6.07, 6.45) is 2.46. The molecule has 0 bridgehead atoms. The lowest BCUT2D eigenvalue weighted by molar-refractivity contribution is 0.406. The highest BCUT2D eigenvalue weighted by Crippen LogP contribution is 2.49. The summed E-state index contributed by atoms with van der Waals surface area (Å²) in [6.45, 7) is 7.34. The van der Waals surface area contributed by atoms with Gasteiger partial charge < -0.3 is 10.5 Å². The summed E-state index contributed by atoms with van der Waals surface area (Å²) >= 11 is 0. The third-order valence-electron chi connectivity index (χ3n) is 4.01. The Morgan fingerprint density at radius 3 is 2.41 bits per heavy atom. The fourth-order valence-electron chi connectivity index (χ4n) is 2.63. The maximum atomic E-state index is 5.94. The van der Waals surface area contributed by atoms with Gasteiger partial charge in [-0.3, -0.25) is 0 Å². The molecule has 0 atom stereocenters. The van der Waals surface area contributed by atoms with E-state index < -0.39 is 0 Å². The Labute approximate surface area is 104 Å². The van der Waals surface area contributed by atoms with E-state index in [4.69, 9.17) is 10.5 Å². The van der Waals surface area contributed by atoms with Crippen LogP contribution in [0.3, 0.4) is 0 Å². The van der Waals surface area contributed by atoms with Crippen LogP contribution in [0, 0.1) is 6.92 Å². The largest absolute Gasteiger partial charge is 0.496 e. The van der Waals surface area contributed by atoms with Crippen molar-refractivity contribution in [2.24, 2.45) is 5.73 Å². The summed E-state index contributed by atoms with van der Waals surface area (Å²) in [5.74, 6) is 1.49. The van der Waals surface area contributed by atoms with E-state index in [1.165, 1.54) is 29.5 Å². The number of ether oxygens (including phenoxy) is 1. The highest BCUT2D eigenvalue weighted by atomic mass is 16.5. The van der Waals surface area contributed by atoms with Crippen molar-refractivity contribution in [3.8, 4) is 5.75 Å². The maximum absolute atomic E-state index is 5.94. The number of hydrogen-bond acceptors (Lipinski definition) is 2. The molecule has 0 heterocycles. The van der Waals surface area contributed by atoms with Gasteiger partial charge >= 0.3 is 0 Å². The molecule has 2 heteroatoms. The SMILES string of the molecule is COc1cc(C)c(C2(CN)CC2)cc1C(C)C. The number of methoxy groups -OCH3 is 1. The zero-order chi connectivity index (χ0) is 12.6. The Hall–Kier alpha value is -1.02. The first-order valence-corrected chi connectivity index (χ1v) is 6.43. The number of aryl methyl sites for hydroxylation is 1. The zero-order valence-electron chi connectivity index (χ0n) is 11.3. The second-order valence-corrected chi connectivity index (χ2v) is 5.55. The highest BCUT2D eigenvalue weighted by Gasteiger charge is 2.44. The van der Waals surface area contributed by atoms with Crippen LogP contribution in [-0.2, 0) is 5.41 Å². The minimum absolute atomic E-state index is 0.264. The van der Waals surface area contributed by atoms with Crippen LogP contribution >= 0.6 is 0 Å². The van der Waals surface area contributed by atoms with Crippen LogP contribution < -0.4 is 10.5 Å². The molecule has 0 saturated heterocycles. The second-order valence-electron chi connectivity index (χ2n) is 5.55. The van der Waals surface area contributed by atoms with E-state index in [9.17, 15) is 0 Å². The average molecular weight is 233 g/mol. The first-order valence-electron chi connectivity index (χ1n) is 6.43. The molecule has 94 valence electrons. The van der Waals surface area contributed by atoms with E-state index in [1.807, 2.05) is 0 Å². The molecule has 1 aliphatic carbocycles. The van der Waals surface area contributed by atoms with Gasteiger partial charge in [-0.15, -0.1) is 0 Å². The second kappa shape index (κ2) is 4.34. The van der Waals surface area contributed by atoms with E-state index in [-0.39, 0.29) is 5.41 Å². The molecule has 1 fully saturated rings. The Kier molecular flexibility index (Phi) is 3.17. The predicted octanol–water partition coefficient (Wildman–Crippen LogP) is 3.12. The van der Waals surface area contributed by atoms with Crippen molar-refractivity contribution in [1.82, 2.24) is 0 Å². The van der Waals surface area contributed by atoms with Gasteiger partial charge in [-0.2, -0.15) is 0 Å². The van der Waals surface area contributed by atoms with E-state index in [0.29, 0.717) is 5.92 Å². The fourth-order valence-corrected chi connectivity index (χ4v) is 2.63. The molecule has 0 radical (unpaired) electrons. The first-order chi connectivity index (χ1) is 8.04. The molecule has 2 nitrogen and oxygen atoms in total. The molecule has 0 aliphatic heterocycles. The molecule has 0 aromatic heterocycles. The van der Waals surface area contributed by atoms with Crippen LogP contribution in [-0.4, -0.2) is 13.7 Å². The Morgan fingerprint density at radius 2 is 2.00 bits per heavy atom. The van der Waals surface area contributed by atoms with Crippen LogP contribution in [0.15, 0.2) is 12.1 Å². The van der Waals surface area contributed by atoms with Gasteiger partial charge in [0.05, 0.1) is 7.11 Å². The topological polar surface area (TPSA) is 35.2 Å². The van der Waals surface area contributed by atoms with E-state index in [1.54, 1.807) is 7.11 Å². The third kappa shape index (κ3) is 2.06. The van der Waals surface area contributed by atoms with E-state index >= 15 is 0 Å². The van der Waals surface area contributed by atoms with Gasteiger partial charge in [0.2, 0.25) is 0 Å². The van der Waals surface area contributed by atoms with Crippen LogP contribution in [0.25, 0.3) is 0 Å². The molecular weight excluding hydrogens is 210 g/mol. The summed E-state index contributed by atoms with van der Waals surface area (Å²) in [7, 11) is 1.75. The number of hydrogen-bond donors (Lipinski definition) is 1. The molecule has 17 heavy (non-hydrogen) atoms. The van der Waals surface area contributed by atoms with Crippen molar-refractivity contribution in [2.75, 3.05) is 13.7 Å². The molecular formula is C15H23NO. The normalized spacial score (nSPS) is 17.3. The van der Waals surface area contributed by atoms with Gasteiger partial charge in [0.1, 0.15) is 5.75 Å². The predicted molar refractivity (Wildman–Crippen MR) is 71.8 cm³/mol. The van der Waals surface area contributed by atoms with Gasteiger partial charge in [0.15, 0.2) is 0 Å². The molecule has 0 spiro atoms. The summed E-state index contributed by atoms with van der Waals surface area (Å²) in [6, 6.07) is 4.49. The molecule has 2 N–H and O–H groups in total. The summed E-state index contributed by atoms with van der Waals surface area (Å²) in [5, 5.41) is 0. The standard InChI is InChI=1S/C15H23NO/c1-10(2)12-8-13(15(9-16)5-6-15)11(3)7-14(12)17-4/h7-8,10H,5-6,9,16H2,1-4H3. The quantitative estimate of drug-likeness (QED) is 0.867. The van der Waals surface area contributed by atoms with Crippen molar-refractivity contribution in [1.29, 1.82) is 0 Å². The Bertz CT molecular complexity index is 419. The lowest BCUT2D eigenvalue weighted by Gasteiger charge is -2.21. The molecule has 0 unspecified atom stereocenters. The molecule has 2 rings (SSSR count). The number of nitrogens with two attached hydrogens (primary N) is 1. The maximum Gasteiger partial charge on any atom is 0.122 e. The minimum Gasteiger partial charge on any atom is -0.496 e. The van der Waals surface area contributed by atoms with Crippen molar-refractivity contribution < 1.29 is 4.74 Å². The van der Waals surface area contributed by atoms with Crippen LogP contribution in [0.5, 0.6) is 5.75 Å². The summed E-state index contributed by atoms with van der Waals surface area (Å²) in [4.78, 5) is 0. The van der Waals surface area contributed by atoms with Crippen LogP contribution in [0.2, 0.25) is 0 Å². The molecule has 1 aromatic rings. The minimum atomic E-state index is 0.264. The van der Waals surface area contributed by atoms with Crippen molar-refractivity contribution >= 4 is 0 Å².